The Bertz CT molecular complexity index is 892. The van der Waals surface area contributed by atoms with E-state index in [1.807, 2.05) is 0 Å². The SMILES string of the molecule is Cc1c2n(c3ccccc13)CCc1cc3c(cc1-2)OCO3. The first-order valence-electron chi connectivity index (χ1n) is 7.33. The first-order chi connectivity index (χ1) is 10.3. The molecule has 2 aliphatic rings. The zero-order valence-corrected chi connectivity index (χ0v) is 11.8. The standard InChI is InChI=1S/C18H15NO2/c1-11-13-4-2-3-5-15(13)19-7-6-12-8-16-17(21-10-20-16)9-14(12)18(11)19/h2-5,8-9H,6-7,10H2,1H3. The van der Waals surface area contributed by atoms with Crippen LogP contribution in [0, 0.1) is 6.92 Å². The molecule has 0 aliphatic carbocycles. The van der Waals surface area contributed by atoms with Gasteiger partial charge in [-0.3, -0.25) is 0 Å². The van der Waals surface area contributed by atoms with Gasteiger partial charge in [-0.15, -0.1) is 0 Å². The Labute approximate surface area is 122 Å². The first-order valence-corrected chi connectivity index (χ1v) is 7.33. The van der Waals surface area contributed by atoms with Gasteiger partial charge in [0, 0.05) is 23.0 Å². The number of ether oxygens (including phenoxy) is 2. The number of para-hydroxylation sites is 1. The molecule has 21 heavy (non-hydrogen) atoms. The highest BCUT2D eigenvalue weighted by molar-refractivity contribution is 5.93. The second-order valence-corrected chi connectivity index (χ2v) is 5.76. The predicted octanol–water partition coefficient (Wildman–Crippen LogP) is 3.90. The molecule has 2 aromatic carbocycles. The maximum absolute atomic E-state index is 5.56. The van der Waals surface area contributed by atoms with Gasteiger partial charge < -0.3 is 14.0 Å². The summed E-state index contributed by atoms with van der Waals surface area (Å²) in [5, 5.41) is 1.35. The van der Waals surface area contributed by atoms with E-state index in [4.69, 9.17) is 9.47 Å². The van der Waals surface area contributed by atoms with E-state index in [2.05, 4.69) is 47.9 Å². The Morgan fingerprint density at radius 1 is 1.05 bits per heavy atom. The van der Waals surface area contributed by atoms with E-state index < -0.39 is 0 Å². The largest absolute Gasteiger partial charge is 0.454 e. The van der Waals surface area contributed by atoms with Crippen molar-refractivity contribution >= 4 is 10.9 Å². The molecule has 0 atom stereocenters. The molecule has 1 aromatic heterocycles. The molecular formula is C18H15NO2. The van der Waals surface area contributed by atoms with E-state index in [-0.39, 0.29) is 0 Å². The Kier molecular flexibility index (Phi) is 2.05. The summed E-state index contributed by atoms with van der Waals surface area (Å²) in [5.41, 5.74) is 6.66. The van der Waals surface area contributed by atoms with E-state index in [0.29, 0.717) is 6.79 Å². The van der Waals surface area contributed by atoms with Crippen molar-refractivity contribution in [2.24, 2.45) is 0 Å². The van der Waals surface area contributed by atoms with E-state index in [1.54, 1.807) is 0 Å². The molecule has 3 nitrogen and oxygen atoms in total. The molecule has 0 saturated carbocycles. The van der Waals surface area contributed by atoms with Crippen LogP contribution in [0.4, 0.5) is 0 Å². The highest BCUT2D eigenvalue weighted by Gasteiger charge is 2.25. The smallest absolute Gasteiger partial charge is 0.231 e. The van der Waals surface area contributed by atoms with E-state index in [0.717, 1.165) is 24.5 Å². The molecular weight excluding hydrogens is 262 g/mol. The van der Waals surface area contributed by atoms with Crippen LogP contribution in [0.3, 0.4) is 0 Å². The lowest BCUT2D eigenvalue weighted by Crippen LogP contribution is -2.10. The summed E-state index contributed by atoms with van der Waals surface area (Å²) in [5.74, 6) is 1.75. The highest BCUT2D eigenvalue weighted by atomic mass is 16.7. The fourth-order valence-electron chi connectivity index (χ4n) is 3.70. The molecule has 0 radical (unpaired) electrons. The Morgan fingerprint density at radius 2 is 1.86 bits per heavy atom. The molecule has 3 heterocycles. The molecule has 104 valence electrons. The Morgan fingerprint density at radius 3 is 2.76 bits per heavy atom. The molecule has 0 N–H and O–H groups in total. The molecule has 0 bridgehead atoms. The number of nitrogens with zero attached hydrogens (tertiary/aromatic N) is 1. The average molecular weight is 277 g/mol. The van der Waals surface area contributed by atoms with Gasteiger partial charge >= 0.3 is 0 Å². The van der Waals surface area contributed by atoms with Crippen LogP contribution in [0.5, 0.6) is 11.5 Å². The van der Waals surface area contributed by atoms with Gasteiger partial charge in [-0.05, 0) is 42.7 Å². The molecule has 0 fully saturated rings. The van der Waals surface area contributed by atoms with Crippen LogP contribution in [0.2, 0.25) is 0 Å². The fourth-order valence-corrected chi connectivity index (χ4v) is 3.70. The molecule has 5 rings (SSSR count). The predicted molar refractivity (Wildman–Crippen MR) is 81.9 cm³/mol. The van der Waals surface area contributed by atoms with Gasteiger partial charge in [0.1, 0.15) is 0 Å². The van der Waals surface area contributed by atoms with Crippen LogP contribution in [0.15, 0.2) is 36.4 Å². The van der Waals surface area contributed by atoms with Gasteiger partial charge in [0.15, 0.2) is 11.5 Å². The highest BCUT2D eigenvalue weighted by Crippen LogP contribution is 2.44. The van der Waals surface area contributed by atoms with Gasteiger partial charge in [0.05, 0.1) is 5.69 Å². The van der Waals surface area contributed by atoms with Crippen LogP contribution in [-0.4, -0.2) is 11.4 Å². The van der Waals surface area contributed by atoms with Crippen molar-refractivity contribution < 1.29 is 9.47 Å². The summed E-state index contributed by atoms with van der Waals surface area (Å²) < 4.78 is 13.5. The molecule has 0 spiro atoms. The van der Waals surface area contributed by atoms with Crippen molar-refractivity contribution in [1.82, 2.24) is 4.57 Å². The van der Waals surface area contributed by atoms with E-state index in [1.165, 1.54) is 33.3 Å². The Hall–Kier alpha value is -2.42. The lowest BCUT2D eigenvalue weighted by Gasteiger charge is -2.21. The van der Waals surface area contributed by atoms with Crippen LogP contribution < -0.4 is 9.47 Å². The van der Waals surface area contributed by atoms with Crippen molar-refractivity contribution in [3.63, 3.8) is 0 Å². The van der Waals surface area contributed by atoms with Crippen molar-refractivity contribution in [3.8, 4) is 22.8 Å². The summed E-state index contributed by atoms with van der Waals surface area (Å²) in [6.07, 6.45) is 1.04. The molecule has 0 amide bonds. The summed E-state index contributed by atoms with van der Waals surface area (Å²) in [4.78, 5) is 0. The second-order valence-electron chi connectivity index (χ2n) is 5.76. The quantitative estimate of drug-likeness (QED) is 0.622. The maximum atomic E-state index is 5.56. The van der Waals surface area contributed by atoms with Gasteiger partial charge in [-0.1, -0.05) is 18.2 Å². The lowest BCUT2D eigenvalue weighted by molar-refractivity contribution is 0.174. The molecule has 0 unspecified atom stereocenters. The third kappa shape index (κ3) is 1.38. The fraction of sp³-hybridized carbons (Fsp3) is 0.222. The molecule has 3 aromatic rings. The van der Waals surface area contributed by atoms with Crippen LogP contribution in [0.25, 0.3) is 22.2 Å². The second kappa shape index (κ2) is 3.82. The minimum atomic E-state index is 0.334. The third-order valence-electron chi connectivity index (χ3n) is 4.68. The minimum absolute atomic E-state index is 0.334. The summed E-state index contributed by atoms with van der Waals surface area (Å²) in [6.45, 7) is 3.57. The van der Waals surface area contributed by atoms with Gasteiger partial charge in [-0.2, -0.15) is 0 Å². The molecule has 3 heteroatoms. The normalized spacial score (nSPS) is 15.1. The number of fused-ring (bicyclic) bond motifs is 6. The number of benzene rings is 2. The minimum Gasteiger partial charge on any atom is -0.454 e. The number of rotatable bonds is 0. The number of aryl methyl sites for hydroxylation is 3. The summed E-state index contributed by atoms with van der Waals surface area (Å²) >= 11 is 0. The average Bonchev–Trinajstić information content (AvgIpc) is 3.08. The lowest BCUT2D eigenvalue weighted by atomic mass is 9.95. The molecule has 2 aliphatic heterocycles. The summed E-state index contributed by atoms with van der Waals surface area (Å²) in [7, 11) is 0. The number of hydrogen-bond acceptors (Lipinski definition) is 2. The number of aromatic nitrogens is 1. The van der Waals surface area contributed by atoms with Crippen molar-refractivity contribution in [2.75, 3.05) is 6.79 Å². The zero-order valence-electron chi connectivity index (χ0n) is 11.8. The van der Waals surface area contributed by atoms with Gasteiger partial charge in [0.25, 0.3) is 0 Å². The zero-order chi connectivity index (χ0) is 14.0. The molecule has 0 saturated heterocycles. The number of hydrogen-bond donors (Lipinski definition) is 0. The first kappa shape index (κ1) is 11.3. The topological polar surface area (TPSA) is 23.4 Å². The summed E-state index contributed by atoms with van der Waals surface area (Å²) in [6, 6.07) is 12.9. The van der Waals surface area contributed by atoms with E-state index >= 15 is 0 Å². The van der Waals surface area contributed by atoms with Crippen LogP contribution in [0.1, 0.15) is 11.1 Å². The third-order valence-corrected chi connectivity index (χ3v) is 4.68. The van der Waals surface area contributed by atoms with E-state index in [9.17, 15) is 0 Å². The van der Waals surface area contributed by atoms with Crippen molar-refractivity contribution in [2.45, 2.75) is 19.9 Å². The van der Waals surface area contributed by atoms with Crippen LogP contribution >= 0.6 is 0 Å². The maximum Gasteiger partial charge on any atom is 0.231 e. The van der Waals surface area contributed by atoms with Gasteiger partial charge in [0.2, 0.25) is 6.79 Å². The van der Waals surface area contributed by atoms with Gasteiger partial charge in [-0.25, -0.2) is 0 Å². The van der Waals surface area contributed by atoms with Crippen molar-refractivity contribution in [1.29, 1.82) is 0 Å². The van der Waals surface area contributed by atoms with Crippen LogP contribution in [-0.2, 0) is 13.0 Å². The monoisotopic (exact) mass is 277 g/mol. The van der Waals surface area contributed by atoms with Crippen molar-refractivity contribution in [3.05, 3.63) is 47.5 Å². The Balaban J connectivity index is 1.87.